The van der Waals surface area contributed by atoms with E-state index in [1.807, 2.05) is 41.8 Å². The minimum absolute atomic E-state index is 0.101. The predicted molar refractivity (Wildman–Crippen MR) is 103 cm³/mol. The molecule has 1 unspecified atom stereocenters. The fourth-order valence-corrected chi connectivity index (χ4v) is 4.33. The zero-order valence-corrected chi connectivity index (χ0v) is 16.0. The number of aromatic nitrogens is 2. The lowest BCUT2D eigenvalue weighted by Crippen LogP contribution is -2.39. The zero-order chi connectivity index (χ0) is 19.0. The number of aryl methyl sites for hydroxylation is 1. The molecule has 2 aromatic rings. The molecule has 3 heterocycles. The molecule has 0 saturated carbocycles. The summed E-state index contributed by atoms with van der Waals surface area (Å²) >= 11 is 0. The summed E-state index contributed by atoms with van der Waals surface area (Å²) in [6.45, 7) is 4.59. The quantitative estimate of drug-likeness (QED) is 0.833. The van der Waals surface area contributed by atoms with Gasteiger partial charge in [0.2, 0.25) is 11.8 Å². The second kappa shape index (κ2) is 7.18. The molecule has 142 valence electrons. The highest BCUT2D eigenvalue weighted by Crippen LogP contribution is 2.29. The van der Waals surface area contributed by atoms with E-state index in [9.17, 15) is 9.59 Å². The highest BCUT2D eigenvalue weighted by Gasteiger charge is 2.36. The number of benzene rings is 1. The molecule has 2 aliphatic rings. The molecule has 2 amide bonds. The van der Waals surface area contributed by atoms with Crippen LogP contribution in [0.3, 0.4) is 0 Å². The van der Waals surface area contributed by atoms with Gasteiger partial charge in [-0.25, -0.2) is 0 Å². The summed E-state index contributed by atoms with van der Waals surface area (Å²) in [4.78, 5) is 28.7. The summed E-state index contributed by atoms with van der Waals surface area (Å²) in [7, 11) is 1.98. The van der Waals surface area contributed by atoms with E-state index in [0.29, 0.717) is 32.6 Å². The van der Waals surface area contributed by atoms with Crippen LogP contribution in [0, 0.1) is 5.92 Å². The number of rotatable bonds is 3. The molecule has 1 fully saturated rings. The van der Waals surface area contributed by atoms with Gasteiger partial charge in [0, 0.05) is 62.9 Å². The van der Waals surface area contributed by atoms with Crippen LogP contribution in [-0.2, 0) is 29.5 Å². The SMILES string of the molecule is CCN1CC(C(=O)N2CCc3c(-c4ccccc4)nn(C)c3CC2)CC1=O. The van der Waals surface area contributed by atoms with Crippen LogP contribution in [0.2, 0.25) is 0 Å². The smallest absolute Gasteiger partial charge is 0.228 e. The molecule has 0 N–H and O–H groups in total. The largest absolute Gasteiger partial charge is 0.342 e. The Hall–Kier alpha value is -2.63. The van der Waals surface area contributed by atoms with Crippen LogP contribution in [0.4, 0.5) is 0 Å². The van der Waals surface area contributed by atoms with Gasteiger partial charge >= 0.3 is 0 Å². The maximum absolute atomic E-state index is 13.0. The Morgan fingerprint density at radius 1 is 1.19 bits per heavy atom. The van der Waals surface area contributed by atoms with Gasteiger partial charge in [0.25, 0.3) is 0 Å². The summed E-state index contributed by atoms with van der Waals surface area (Å²) in [6, 6.07) is 10.2. The molecule has 1 aromatic carbocycles. The van der Waals surface area contributed by atoms with Gasteiger partial charge in [0.1, 0.15) is 0 Å². The molecule has 0 spiro atoms. The molecule has 6 heteroatoms. The third-order valence-corrected chi connectivity index (χ3v) is 5.83. The van der Waals surface area contributed by atoms with Gasteiger partial charge < -0.3 is 9.80 Å². The zero-order valence-electron chi connectivity index (χ0n) is 16.0. The number of carbonyl (C=O) groups excluding carboxylic acids is 2. The van der Waals surface area contributed by atoms with Crippen LogP contribution in [-0.4, -0.2) is 57.6 Å². The molecule has 1 aromatic heterocycles. The van der Waals surface area contributed by atoms with Gasteiger partial charge in [-0.3, -0.25) is 14.3 Å². The van der Waals surface area contributed by atoms with Gasteiger partial charge in [-0.05, 0) is 13.3 Å². The maximum Gasteiger partial charge on any atom is 0.228 e. The molecule has 27 heavy (non-hydrogen) atoms. The number of carbonyl (C=O) groups is 2. The number of likely N-dealkylation sites (tertiary alicyclic amines) is 1. The lowest BCUT2D eigenvalue weighted by atomic mass is 10.0. The molecular formula is C21H26N4O2. The number of nitrogens with zero attached hydrogens (tertiary/aromatic N) is 4. The van der Waals surface area contributed by atoms with Crippen molar-refractivity contribution < 1.29 is 9.59 Å². The minimum atomic E-state index is -0.189. The normalized spacial score (nSPS) is 19.9. The molecule has 0 bridgehead atoms. The van der Waals surface area contributed by atoms with E-state index in [2.05, 4.69) is 12.1 Å². The Labute approximate surface area is 159 Å². The molecule has 1 atom stereocenters. The topological polar surface area (TPSA) is 58.4 Å². The number of fused-ring (bicyclic) bond motifs is 1. The Balaban J connectivity index is 1.52. The van der Waals surface area contributed by atoms with Crippen molar-refractivity contribution in [3.8, 4) is 11.3 Å². The first-order valence-electron chi connectivity index (χ1n) is 9.75. The van der Waals surface area contributed by atoms with E-state index in [1.54, 1.807) is 4.90 Å². The summed E-state index contributed by atoms with van der Waals surface area (Å²) < 4.78 is 1.96. The van der Waals surface area contributed by atoms with Crippen molar-refractivity contribution in [2.45, 2.75) is 26.2 Å². The van der Waals surface area contributed by atoms with Crippen LogP contribution in [0.5, 0.6) is 0 Å². The first-order chi connectivity index (χ1) is 13.1. The molecule has 1 saturated heterocycles. The van der Waals surface area contributed by atoms with Crippen molar-refractivity contribution in [2.24, 2.45) is 13.0 Å². The Bertz CT molecular complexity index is 859. The monoisotopic (exact) mass is 366 g/mol. The minimum Gasteiger partial charge on any atom is -0.342 e. The third kappa shape index (κ3) is 3.24. The van der Waals surface area contributed by atoms with Crippen molar-refractivity contribution in [2.75, 3.05) is 26.2 Å². The summed E-state index contributed by atoms with van der Waals surface area (Å²) in [5.74, 6) is 0.0382. The maximum atomic E-state index is 13.0. The summed E-state index contributed by atoms with van der Waals surface area (Å²) in [5.41, 5.74) is 4.60. The highest BCUT2D eigenvalue weighted by atomic mass is 16.2. The number of hydrogen-bond acceptors (Lipinski definition) is 3. The standard InChI is InChI=1S/C21H26N4O2/c1-3-24-14-16(13-19(24)26)21(27)25-11-9-17-18(10-12-25)23(2)22-20(17)15-7-5-4-6-8-15/h4-8,16H,3,9-14H2,1-2H3. The van der Waals surface area contributed by atoms with Crippen molar-refractivity contribution in [1.29, 1.82) is 0 Å². The Kier molecular flexibility index (Phi) is 4.72. The van der Waals surface area contributed by atoms with E-state index < -0.39 is 0 Å². The van der Waals surface area contributed by atoms with Crippen LogP contribution < -0.4 is 0 Å². The van der Waals surface area contributed by atoms with Crippen LogP contribution in [0.1, 0.15) is 24.6 Å². The fourth-order valence-electron chi connectivity index (χ4n) is 4.33. The van der Waals surface area contributed by atoms with E-state index >= 15 is 0 Å². The molecule has 2 aliphatic heterocycles. The lowest BCUT2D eigenvalue weighted by molar-refractivity contribution is -0.135. The molecule has 0 radical (unpaired) electrons. The van der Waals surface area contributed by atoms with Gasteiger partial charge in [0.05, 0.1) is 11.6 Å². The number of amides is 2. The first kappa shape index (κ1) is 17.8. The van der Waals surface area contributed by atoms with Crippen molar-refractivity contribution in [1.82, 2.24) is 19.6 Å². The van der Waals surface area contributed by atoms with Crippen LogP contribution in [0.25, 0.3) is 11.3 Å². The lowest BCUT2D eigenvalue weighted by Gasteiger charge is -2.24. The average Bonchev–Trinajstić information content (AvgIpc) is 3.12. The third-order valence-electron chi connectivity index (χ3n) is 5.83. The Morgan fingerprint density at radius 2 is 1.93 bits per heavy atom. The predicted octanol–water partition coefficient (Wildman–Crippen LogP) is 1.88. The molecular weight excluding hydrogens is 340 g/mol. The van der Waals surface area contributed by atoms with E-state index in [-0.39, 0.29) is 17.7 Å². The van der Waals surface area contributed by atoms with E-state index in [1.165, 1.54) is 11.3 Å². The van der Waals surface area contributed by atoms with Crippen LogP contribution in [0.15, 0.2) is 30.3 Å². The second-order valence-corrected chi connectivity index (χ2v) is 7.42. The van der Waals surface area contributed by atoms with E-state index in [0.717, 1.165) is 24.1 Å². The van der Waals surface area contributed by atoms with Crippen molar-refractivity contribution >= 4 is 11.8 Å². The second-order valence-electron chi connectivity index (χ2n) is 7.42. The molecule has 0 aliphatic carbocycles. The van der Waals surface area contributed by atoms with Gasteiger partial charge in [0.15, 0.2) is 0 Å². The highest BCUT2D eigenvalue weighted by molar-refractivity contribution is 5.89. The first-order valence-corrected chi connectivity index (χ1v) is 9.75. The van der Waals surface area contributed by atoms with Crippen molar-refractivity contribution in [3.63, 3.8) is 0 Å². The van der Waals surface area contributed by atoms with Gasteiger partial charge in [-0.2, -0.15) is 5.10 Å². The van der Waals surface area contributed by atoms with Gasteiger partial charge in [-0.1, -0.05) is 30.3 Å². The molecule has 4 rings (SSSR count). The molecule has 6 nitrogen and oxygen atoms in total. The van der Waals surface area contributed by atoms with Crippen LogP contribution >= 0.6 is 0 Å². The Morgan fingerprint density at radius 3 is 2.63 bits per heavy atom. The van der Waals surface area contributed by atoms with Crippen molar-refractivity contribution in [3.05, 3.63) is 41.6 Å². The van der Waals surface area contributed by atoms with Gasteiger partial charge in [-0.15, -0.1) is 0 Å². The van der Waals surface area contributed by atoms with E-state index in [4.69, 9.17) is 5.10 Å². The fraction of sp³-hybridized carbons (Fsp3) is 0.476. The summed E-state index contributed by atoms with van der Waals surface area (Å²) in [5, 5.41) is 4.74. The number of hydrogen-bond donors (Lipinski definition) is 0. The summed E-state index contributed by atoms with van der Waals surface area (Å²) in [6.07, 6.45) is 1.96. The average molecular weight is 366 g/mol.